The van der Waals surface area contributed by atoms with Gasteiger partial charge in [0, 0.05) is 18.7 Å². The quantitative estimate of drug-likeness (QED) is 0.412. The van der Waals surface area contributed by atoms with Gasteiger partial charge in [-0.3, -0.25) is 19.5 Å². The number of fused-ring (bicyclic) bond motifs is 1. The second-order valence-electron chi connectivity index (χ2n) is 7.24. The molecule has 0 aliphatic heterocycles. The third-order valence-corrected chi connectivity index (χ3v) is 5.88. The minimum Gasteiger partial charge on any atom is -0.494 e. The summed E-state index contributed by atoms with van der Waals surface area (Å²) in [6, 6.07) is 8.23. The van der Waals surface area contributed by atoms with Crippen molar-refractivity contribution in [2.24, 2.45) is 7.05 Å². The summed E-state index contributed by atoms with van der Waals surface area (Å²) in [5.74, 6) is -1.18. The van der Waals surface area contributed by atoms with Gasteiger partial charge in [0.15, 0.2) is 5.13 Å². The Labute approximate surface area is 198 Å². The summed E-state index contributed by atoms with van der Waals surface area (Å²) in [5, 5.41) is 2.78. The van der Waals surface area contributed by atoms with Crippen molar-refractivity contribution in [3.63, 3.8) is 0 Å². The van der Waals surface area contributed by atoms with Crippen LogP contribution in [0.4, 0.5) is 22.7 Å². The Morgan fingerprint density at radius 2 is 1.89 bits per heavy atom. The number of hydrogen-bond acceptors (Lipinski definition) is 6. The van der Waals surface area contributed by atoms with Gasteiger partial charge in [0.05, 0.1) is 22.5 Å². The topological polar surface area (TPSA) is 95.2 Å². The van der Waals surface area contributed by atoms with Crippen LogP contribution in [0.5, 0.6) is 5.75 Å². The molecule has 0 saturated carbocycles. The first kappa shape index (κ1) is 24.1. The number of nitrogens with one attached hydrogen (secondary N) is 1. The van der Waals surface area contributed by atoms with Gasteiger partial charge in [-0.15, -0.1) is 0 Å². The number of alkyl halides is 3. The molecule has 8 nitrogen and oxygen atoms in total. The van der Waals surface area contributed by atoms with E-state index in [0.717, 1.165) is 41.3 Å². The van der Waals surface area contributed by atoms with Crippen LogP contribution in [0.25, 0.3) is 15.9 Å². The molecule has 0 unspecified atom stereocenters. The standard InChI is InChI=1S/C22H16F4N4O4S/c1-3-34-12-5-7-14-16(9-12)35-20(27-14)28-19(32)11-4-6-13(23)15(8-11)30-18(31)10-17(22(24,25)26)29(2)21(30)33/h4-10H,3H2,1-2H3,(H,27,28,32). The lowest BCUT2D eigenvalue weighted by molar-refractivity contribution is -0.144. The molecule has 0 aliphatic rings. The molecular formula is C22H16F4N4O4S. The van der Waals surface area contributed by atoms with E-state index in [-0.39, 0.29) is 25.9 Å². The van der Waals surface area contributed by atoms with Gasteiger partial charge in [0.2, 0.25) is 0 Å². The summed E-state index contributed by atoms with van der Waals surface area (Å²) in [5.41, 5.74) is -4.51. The fourth-order valence-electron chi connectivity index (χ4n) is 3.33. The van der Waals surface area contributed by atoms with Crippen LogP contribution in [0.2, 0.25) is 0 Å². The summed E-state index contributed by atoms with van der Waals surface area (Å²) in [7, 11) is 0.805. The Hall–Kier alpha value is -4.00. The highest BCUT2D eigenvalue weighted by Crippen LogP contribution is 2.30. The number of hydrogen-bond donors (Lipinski definition) is 1. The van der Waals surface area contributed by atoms with Crippen LogP contribution in [0.1, 0.15) is 23.0 Å². The van der Waals surface area contributed by atoms with Gasteiger partial charge in [-0.25, -0.2) is 18.7 Å². The lowest BCUT2D eigenvalue weighted by Gasteiger charge is -2.14. The van der Waals surface area contributed by atoms with Crippen LogP contribution in [-0.4, -0.2) is 26.6 Å². The highest BCUT2D eigenvalue weighted by molar-refractivity contribution is 7.22. The zero-order valence-corrected chi connectivity index (χ0v) is 19.0. The van der Waals surface area contributed by atoms with Crippen LogP contribution < -0.4 is 21.3 Å². The zero-order valence-electron chi connectivity index (χ0n) is 18.1. The van der Waals surface area contributed by atoms with Crippen molar-refractivity contribution in [2.45, 2.75) is 13.1 Å². The first-order chi connectivity index (χ1) is 16.5. The van der Waals surface area contributed by atoms with E-state index in [9.17, 15) is 31.9 Å². The van der Waals surface area contributed by atoms with Crippen molar-refractivity contribution in [2.75, 3.05) is 11.9 Å². The maximum absolute atomic E-state index is 14.5. The number of ether oxygens (including phenoxy) is 1. The lowest BCUT2D eigenvalue weighted by atomic mass is 10.1. The average molecular weight is 508 g/mol. The number of anilines is 1. The molecule has 2 aromatic heterocycles. The molecule has 4 rings (SSSR count). The molecule has 35 heavy (non-hydrogen) atoms. The fourth-order valence-corrected chi connectivity index (χ4v) is 4.22. The van der Waals surface area contributed by atoms with Crippen LogP contribution in [-0.2, 0) is 13.2 Å². The highest BCUT2D eigenvalue weighted by atomic mass is 32.1. The van der Waals surface area contributed by atoms with E-state index in [1.807, 2.05) is 6.92 Å². The maximum Gasteiger partial charge on any atom is 0.431 e. The van der Waals surface area contributed by atoms with E-state index in [1.54, 1.807) is 18.2 Å². The maximum atomic E-state index is 14.5. The molecule has 2 heterocycles. The first-order valence-corrected chi connectivity index (χ1v) is 10.9. The van der Waals surface area contributed by atoms with Crippen molar-refractivity contribution >= 4 is 32.6 Å². The molecule has 0 fully saturated rings. The number of thiazole rings is 1. The highest BCUT2D eigenvalue weighted by Gasteiger charge is 2.35. The molecule has 4 aromatic rings. The molecule has 13 heteroatoms. The predicted octanol–water partition coefficient (Wildman–Crippen LogP) is 3.95. The number of rotatable bonds is 5. The third kappa shape index (κ3) is 4.67. The number of halogens is 4. The van der Waals surface area contributed by atoms with E-state index < -0.39 is 40.5 Å². The van der Waals surface area contributed by atoms with E-state index in [1.165, 1.54) is 0 Å². The van der Waals surface area contributed by atoms with Gasteiger partial charge >= 0.3 is 11.9 Å². The van der Waals surface area contributed by atoms with Crippen molar-refractivity contribution in [1.82, 2.24) is 14.1 Å². The van der Waals surface area contributed by atoms with E-state index in [0.29, 0.717) is 17.9 Å². The Bertz CT molecular complexity index is 1570. The van der Waals surface area contributed by atoms with Crippen molar-refractivity contribution in [3.8, 4) is 11.4 Å². The van der Waals surface area contributed by atoms with E-state index in [2.05, 4.69) is 10.3 Å². The predicted molar refractivity (Wildman–Crippen MR) is 121 cm³/mol. The Kier molecular flexibility index (Phi) is 6.19. The summed E-state index contributed by atoms with van der Waals surface area (Å²) in [4.78, 5) is 41.9. The summed E-state index contributed by atoms with van der Waals surface area (Å²) < 4.78 is 60.4. The van der Waals surface area contributed by atoms with Crippen molar-refractivity contribution in [3.05, 3.63) is 80.4 Å². The summed E-state index contributed by atoms with van der Waals surface area (Å²) in [6.45, 7) is 2.32. The third-order valence-electron chi connectivity index (χ3n) is 4.95. The molecule has 0 bridgehead atoms. The molecule has 0 aliphatic carbocycles. The van der Waals surface area contributed by atoms with Gasteiger partial charge in [-0.05, 0) is 43.3 Å². The van der Waals surface area contributed by atoms with Gasteiger partial charge in [-0.1, -0.05) is 11.3 Å². The molecule has 1 amide bonds. The van der Waals surface area contributed by atoms with Gasteiger partial charge in [0.25, 0.3) is 11.5 Å². The normalized spacial score (nSPS) is 11.6. The van der Waals surface area contributed by atoms with Gasteiger partial charge < -0.3 is 4.74 Å². The minimum atomic E-state index is -4.97. The minimum absolute atomic E-state index is 0.149. The van der Waals surface area contributed by atoms with Crippen LogP contribution in [0.15, 0.2) is 52.1 Å². The monoisotopic (exact) mass is 508 g/mol. The fraction of sp³-hybridized carbons (Fsp3) is 0.182. The van der Waals surface area contributed by atoms with Crippen molar-refractivity contribution < 1.29 is 27.1 Å². The first-order valence-electron chi connectivity index (χ1n) is 10.0. The molecule has 0 saturated heterocycles. The number of aromatic nitrogens is 3. The number of nitrogens with zero attached hydrogens (tertiary/aromatic N) is 3. The van der Waals surface area contributed by atoms with Crippen LogP contribution >= 0.6 is 11.3 Å². The Balaban J connectivity index is 1.69. The summed E-state index contributed by atoms with van der Waals surface area (Å²) >= 11 is 1.16. The Morgan fingerprint density at radius 1 is 1.14 bits per heavy atom. The van der Waals surface area contributed by atoms with Crippen molar-refractivity contribution in [1.29, 1.82) is 0 Å². The molecule has 1 N–H and O–H groups in total. The van der Waals surface area contributed by atoms with Gasteiger partial charge in [-0.2, -0.15) is 13.2 Å². The molecule has 2 aromatic carbocycles. The number of carbonyl (C=O) groups excluding carboxylic acids is 1. The Morgan fingerprint density at radius 3 is 2.57 bits per heavy atom. The molecule has 0 atom stereocenters. The smallest absolute Gasteiger partial charge is 0.431 e. The zero-order chi connectivity index (χ0) is 25.5. The second-order valence-corrected chi connectivity index (χ2v) is 8.28. The second kappa shape index (κ2) is 8.98. The number of benzene rings is 2. The van der Waals surface area contributed by atoms with Crippen LogP contribution in [0, 0.1) is 5.82 Å². The average Bonchev–Trinajstić information content (AvgIpc) is 3.18. The SMILES string of the molecule is CCOc1ccc2nc(NC(=O)c3ccc(F)c(-n4c(=O)cc(C(F)(F)F)n(C)c4=O)c3)sc2c1. The molecule has 182 valence electrons. The van der Waals surface area contributed by atoms with E-state index in [4.69, 9.17) is 4.74 Å². The number of amides is 1. The lowest BCUT2D eigenvalue weighted by Crippen LogP contribution is -2.41. The molecule has 0 spiro atoms. The van der Waals surface area contributed by atoms with E-state index >= 15 is 0 Å². The number of carbonyl (C=O) groups is 1. The summed E-state index contributed by atoms with van der Waals surface area (Å²) in [6.07, 6.45) is -4.97. The largest absolute Gasteiger partial charge is 0.494 e. The molecule has 0 radical (unpaired) electrons. The van der Waals surface area contributed by atoms with Gasteiger partial charge in [0.1, 0.15) is 17.3 Å². The van der Waals surface area contributed by atoms with Crippen LogP contribution in [0.3, 0.4) is 0 Å². The molecular weight excluding hydrogens is 492 g/mol.